The van der Waals surface area contributed by atoms with Crippen molar-refractivity contribution < 1.29 is 9.90 Å². The number of benzene rings is 1. The Kier molecular flexibility index (Phi) is 3.32. The van der Waals surface area contributed by atoms with E-state index in [-0.39, 0.29) is 6.42 Å². The average Bonchev–Trinajstić information content (AvgIpc) is 2.04. The molecular weight excluding hydrogens is 219 g/mol. The summed E-state index contributed by atoms with van der Waals surface area (Å²) in [7, 11) is 0. The van der Waals surface area contributed by atoms with Crippen LogP contribution in [0.5, 0.6) is 0 Å². The minimum atomic E-state index is -0.758. The zero-order valence-electron chi connectivity index (χ0n) is 6.78. The zero-order valence-corrected chi connectivity index (χ0v) is 8.49. The topological polar surface area (TPSA) is 37.3 Å². The van der Waals surface area contributed by atoms with E-state index in [1.165, 1.54) is 4.46 Å². The molecule has 1 N–H and O–H groups in total. The maximum absolute atomic E-state index is 10.4. The number of carboxylic acid groups (broad SMARTS) is 1. The number of hydrogen-bond acceptors (Lipinski definition) is 1. The van der Waals surface area contributed by atoms with Crippen LogP contribution in [0.3, 0.4) is 0 Å². The van der Waals surface area contributed by atoms with Gasteiger partial charge in [-0.2, -0.15) is 0 Å². The fraction of sp³-hybridized carbons (Fsp3) is 0.222. The van der Waals surface area contributed by atoms with Crippen LogP contribution in [-0.4, -0.2) is 26.0 Å². The van der Waals surface area contributed by atoms with Crippen molar-refractivity contribution in [3.63, 3.8) is 0 Å². The van der Waals surface area contributed by atoms with Crippen molar-refractivity contribution in [1.29, 1.82) is 0 Å². The first-order valence-electron chi connectivity index (χ1n) is 3.57. The summed E-state index contributed by atoms with van der Waals surface area (Å²) in [6.45, 7) is 0. The summed E-state index contributed by atoms with van der Waals surface area (Å²) in [4.78, 5) is 10.4. The number of carboxylic acids is 1. The molecule has 2 nitrogen and oxygen atoms in total. The molecule has 0 atom stereocenters. The van der Waals surface area contributed by atoms with Gasteiger partial charge in [0.15, 0.2) is 0 Å². The third-order valence-corrected chi connectivity index (χ3v) is 3.29. The molecule has 0 bridgehead atoms. The van der Waals surface area contributed by atoms with Gasteiger partial charge in [-0.05, 0) is 0 Å². The van der Waals surface area contributed by atoms with Crippen molar-refractivity contribution in [2.75, 3.05) is 0 Å². The van der Waals surface area contributed by atoms with Crippen molar-refractivity contribution in [3.05, 3.63) is 29.8 Å². The number of carbonyl (C=O) groups is 1. The molecule has 0 aliphatic rings. The summed E-state index contributed by atoms with van der Waals surface area (Å²) in [6, 6.07) is 7.71. The molecule has 12 heavy (non-hydrogen) atoms. The third-order valence-electron chi connectivity index (χ3n) is 1.53. The molecule has 0 amide bonds. The molecule has 0 unspecified atom stereocenters. The summed E-state index contributed by atoms with van der Waals surface area (Å²) in [5, 5.41) is 8.59. The molecule has 0 radical (unpaired) electrons. The van der Waals surface area contributed by atoms with E-state index in [0.29, 0.717) is 15.0 Å². The van der Waals surface area contributed by atoms with Crippen LogP contribution in [0.2, 0.25) is 5.82 Å². The van der Waals surface area contributed by atoms with Crippen molar-refractivity contribution in [1.82, 2.24) is 0 Å². The zero-order chi connectivity index (χ0) is 8.97. The molecule has 0 saturated heterocycles. The van der Waals surface area contributed by atoms with Gasteiger partial charge in [0.1, 0.15) is 0 Å². The molecule has 0 heterocycles. The van der Waals surface area contributed by atoms with Gasteiger partial charge >= 0.3 is 77.4 Å². The molecule has 0 saturated carbocycles. The van der Waals surface area contributed by atoms with Gasteiger partial charge in [-0.25, -0.2) is 0 Å². The molecule has 3 heteroatoms. The summed E-state index contributed by atoms with van der Waals surface area (Å²) < 4.78 is 1.19. The summed E-state index contributed by atoms with van der Waals surface area (Å²) >= 11 is 0.381. The van der Waals surface area contributed by atoms with Gasteiger partial charge in [0.05, 0.1) is 0 Å². The van der Waals surface area contributed by atoms with Crippen molar-refractivity contribution in [2.24, 2.45) is 0 Å². The van der Waals surface area contributed by atoms with Gasteiger partial charge in [0.25, 0.3) is 0 Å². The minimum absolute atomic E-state index is 0.145. The third kappa shape index (κ3) is 2.36. The second-order valence-electron chi connectivity index (χ2n) is 2.38. The van der Waals surface area contributed by atoms with Crippen molar-refractivity contribution >= 4 is 25.4 Å². The van der Waals surface area contributed by atoms with Crippen molar-refractivity contribution in [3.8, 4) is 0 Å². The van der Waals surface area contributed by atoms with Crippen LogP contribution in [-0.2, 0) is 11.2 Å². The first-order valence-corrected chi connectivity index (χ1v) is 6.14. The Labute approximate surface area is 77.8 Å². The van der Waals surface area contributed by atoms with E-state index in [0.717, 1.165) is 5.56 Å². The maximum atomic E-state index is 10.4. The van der Waals surface area contributed by atoms with Crippen LogP contribution in [0.1, 0.15) is 5.56 Å². The molecule has 1 aromatic carbocycles. The molecule has 0 aromatic heterocycles. The van der Waals surface area contributed by atoms with Gasteiger partial charge in [0, 0.05) is 0 Å². The Bertz CT molecular complexity index is 284. The van der Waals surface area contributed by atoms with Gasteiger partial charge in [0.2, 0.25) is 0 Å². The standard InChI is InChI=1S/C9H10O2Se/c1-12-8-5-3-2-4-7(8)6-9(10)11/h2-5H,6H2,1H3,(H,10,11). The van der Waals surface area contributed by atoms with Crippen LogP contribution in [0, 0.1) is 0 Å². The average molecular weight is 229 g/mol. The molecule has 64 valence electrons. The van der Waals surface area contributed by atoms with E-state index in [9.17, 15) is 4.79 Å². The predicted molar refractivity (Wildman–Crippen MR) is 49.0 cm³/mol. The second-order valence-corrected chi connectivity index (χ2v) is 4.16. The van der Waals surface area contributed by atoms with Crippen molar-refractivity contribution in [2.45, 2.75) is 12.2 Å². The van der Waals surface area contributed by atoms with Crippen LogP contribution < -0.4 is 4.46 Å². The molecule has 0 spiro atoms. The predicted octanol–water partition coefficient (Wildman–Crippen LogP) is 0.691. The summed E-state index contributed by atoms with van der Waals surface area (Å²) in [5.74, 6) is 1.33. The van der Waals surface area contributed by atoms with Crippen LogP contribution >= 0.6 is 0 Å². The van der Waals surface area contributed by atoms with Crippen LogP contribution in [0.15, 0.2) is 24.3 Å². The van der Waals surface area contributed by atoms with E-state index < -0.39 is 5.97 Å². The monoisotopic (exact) mass is 230 g/mol. The number of hydrogen-bond donors (Lipinski definition) is 1. The van der Waals surface area contributed by atoms with Gasteiger partial charge in [-0.1, -0.05) is 0 Å². The Morgan fingerprint density at radius 1 is 1.50 bits per heavy atom. The normalized spacial score (nSPS) is 9.75. The van der Waals surface area contributed by atoms with E-state index in [2.05, 4.69) is 5.82 Å². The second kappa shape index (κ2) is 4.29. The summed E-state index contributed by atoms with van der Waals surface area (Å²) in [5.41, 5.74) is 0.951. The van der Waals surface area contributed by atoms with Crippen LogP contribution in [0.4, 0.5) is 0 Å². The molecule has 0 aliphatic heterocycles. The van der Waals surface area contributed by atoms with Gasteiger partial charge < -0.3 is 0 Å². The summed E-state index contributed by atoms with van der Waals surface area (Å²) in [6.07, 6.45) is 0.145. The van der Waals surface area contributed by atoms with E-state index in [1.54, 1.807) is 0 Å². The molecule has 1 rings (SSSR count). The van der Waals surface area contributed by atoms with E-state index in [1.807, 2.05) is 24.3 Å². The van der Waals surface area contributed by atoms with Crippen LogP contribution in [0.25, 0.3) is 0 Å². The first kappa shape index (κ1) is 9.30. The van der Waals surface area contributed by atoms with E-state index in [4.69, 9.17) is 5.11 Å². The van der Waals surface area contributed by atoms with Gasteiger partial charge in [-0.15, -0.1) is 0 Å². The Hall–Kier alpha value is -0.791. The molecule has 0 aliphatic carbocycles. The Morgan fingerprint density at radius 2 is 2.17 bits per heavy atom. The Balaban J connectivity index is 2.89. The fourth-order valence-electron chi connectivity index (χ4n) is 1.01. The Morgan fingerprint density at radius 3 is 2.75 bits per heavy atom. The molecule has 1 aromatic rings. The molecule has 0 fully saturated rings. The SMILES string of the molecule is C[Se]c1ccccc1CC(=O)O. The van der Waals surface area contributed by atoms with E-state index >= 15 is 0 Å². The van der Waals surface area contributed by atoms with Gasteiger partial charge in [-0.3, -0.25) is 0 Å². The number of rotatable bonds is 3. The molecular formula is C9H10O2Se. The fourth-order valence-corrected chi connectivity index (χ4v) is 2.31. The number of aliphatic carboxylic acids is 1. The first-order chi connectivity index (χ1) is 5.74. The quantitative estimate of drug-likeness (QED) is 0.774.